The zero-order valence-corrected chi connectivity index (χ0v) is 13.2. The van der Waals surface area contributed by atoms with Crippen LogP contribution in [0, 0.1) is 22.6 Å². The van der Waals surface area contributed by atoms with Gasteiger partial charge < -0.3 is 4.74 Å². The number of fused-ring (bicyclic) bond motifs is 2. The molecule has 114 valence electrons. The lowest BCUT2D eigenvalue weighted by Gasteiger charge is -2.39. The van der Waals surface area contributed by atoms with Gasteiger partial charge in [-0.15, -0.1) is 0 Å². The Morgan fingerprint density at radius 2 is 2.05 bits per heavy atom. The molecule has 0 saturated heterocycles. The normalized spacial score (nSPS) is 33.2. The van der Waals surface area contributed by atoms with Crippen molar-refractivity contribution in [1.29, 1.82) is 0 Å². The first-order valence-corrected chi connectivity index (χ1v) is 7.73. The van der Waals surface area contributed by atoms with Crippen LogP contribution in [0.3, 0.4) is 0 Å². The van der Waals surface area contributed by atoms with Gasteiger partial charge in [0.1, 0.15) is 6.10 Å². The fourth-order valence-electron chi connectivity index (χ4n) is 4.36. The Morgan fingerprint density at radius 3 is 2.57 bits per heavy atom. The van der Waals surface area contributed by atoms with E-state index in [0.717, 1.165) is 12.8 Å². The summed E-state index contributed by atoms with van der Waals surface area (Å²) in [6, 6.07) is 4.56. The number of ether oxygens (including phenoxy) is 1. The maximum Gasteiger partial charge on any atom is 0.166 e. The van der Waals surface area contributed by atoms with Crippen molar-refractivity contribution < 1.29 is 13.9 Å². The minimum absolute atomic E-state index is 0.0127. The summed E-state index contributed by atoms with van der Waals surface area (Å²) in [5, 5.41) is 0. The summed E-state index contributed by atoms with van der Waals surface area (Å²) in [6.45, 7) is 8.29. The van der Waals surface area contributed by atoms with Gasteiger partial charge >= 0.3 is 0 Å². The molecule has 2 fully saturated rings. The highest BCUT2D eigenvalue weighted by atomic mass is 19.1. The average Bonchev–Trinajstić information content (AvgIpc) is 2.73. The van der Waals surface area contributed by atoms with Gasteiger partial charge in [0.2, 0.25) is 0 Å². The molecule has 0 aliphatic heterocycles. The van der Waals surface area contributed by atoms with Crippen LogP contribution in [-0.2, 0) is 0 Å². The first kappa shape index (κ1) is 14.6. The number of para-hydroxylation sites is 1. The van der Waals surface area contributed by atoms with E-state index >= 15 is 0 Å². The van der Waals surface area contributed by atoms with Crippen LogP contribution in [0.5, 0.6) is 5.75 Å². The molecule has 2 nitrogen and oxygen atoms in total. The molecule has 0 aromatic heterocycles. The van der Waals surface area contributed by atoms with Crippen molar-refractivity contribution in [1.82, 2.24) is 0 Å². The summed E-state index contributed by atoms with van der Waals surface area (Å²) in [5.41, 5.74) is 0.604. The fraction of sp³-hybridized carbons (Fsp3) is 0.611. The zero-order chi connectivity index (χ0) is 15.4. The summed E-state index contributed by atoms with van der Waals surface area (Å²) in [4.78, 5) is 11.7. The van der Waals surface area contributed by atoms with Gasteiger partial charge in [-0.25, -0.2) is 4.39 Å². The molecule has 3 rings (SSSR count). The largest absolute Gasteiger partial charge is 0.486 e. The molecule has 1 aromatic rings. The molecule has 21 heavy (non-hydrogen) atoms. The maximum atomic E-state index is 14.1. The molecule has 2 aliphatic carbocycles. The predicted molar refractivity (Wildman–Crippen MR) is 80.0 cm³/mol. The third-order valence-electron chi connectivity index (χ3n) is 6.32. The minimum atomic E-state index is -0.438. The van der Waals surface area contributed by atoms with E-state index in [9.17, 15) is 9.18 Å². The summed E-state index contributed by atoms with van der Waals surface area (Å²) >= 11 is 0. The van der Waals surface area contributed by atoms with Crippen LogP contribution >= 0.6 is 0 Å². The smallest absolute Gasteiger partial charge is 0.166 e. The summed E-state index contributed by atoms with van der Waals surface area (Å²) < 4.78 is 20.2. The van der Waals surface area contributed by atoms with Crippen molar-refractivity contribution in [3.05, 3.63) is 29.6 Å². The van der Waals surface area contributed by atoms with Crippen molar-refractivity contribution in [2.75, 3.05) is 0 Å². The topological polar surface area (TPSA) is 26.3 Å². The van der Waals surface area contributed by atoms with Gasteiger partial charge in [0, 0.05) is 5.41 Å². The van der Waals surface area contributed by atoms with Crippen LogP contribution in [0.2, 0.25) is 0 Å². The Hall–Kier alpha value is -1.38. The van der Waals surface area contributed by atoms with Crippen LogP contribution in [0.4, 0.5) is 4.39 Å². The molecule has 3 atom stereocenters. The standard InChI is InChI=1S/C18H23FO2/c1-11(20)13-6-5-7-14(19)16(13)21-15-10-12-8-9-18(15,4)17(12,2)3/h5-7,12,15H,8-10H2,1-4H3. The summed E-state index contributed by atoms with van der Waals surface area (Å²) in [5.74, 6) is 0.170. The number of carbonyl (C=O) groups is 1. The van der Waals surface area contributed by atoms with Crippen molar-refractivity contribution >= 4 is 5.78 Å². The van der Waals surface area contributed by atoms with Gasteiger partial charge in [0.05, 0.1) is 5.56 Å². The molecule has 0 amide bonds. The summed E-state index contributed by atoms with van der Waals surface area (Å²) in [6.07, 6.45) is 3.27. The lowest BCUT2D eigenvalue weighted by atomic mass is 9.70. The maximum absolute atomic E-state index is 14.1. The van der Waals surface area contributed by atoms with E-state index in [1.807, 2.05) is 0 Å². The van der Waals surface area contributed by atoms with E-state index in [1.165, 1.54) is 19.4 Å². The van der Waals surface area contributed by atoms with E-state index in [0.29, 0.717) is 11.5 Å². The molecular weight excluding hydrogens is 267 g/mol. The van der Waals surface area contributed by atoms with E-state index in [1.54, 1.807) is 12.1 Å². The Labute approximate surface area is 125 Å². The van der Waals surface area contributed by atoms with E-state index in [-0.39, 0.29) is 28.5 Å². The number of hydrogen-bond acceptors (Lipinski definition) is 2. The van der Waals surface area contributed by atoms with E-state index in [4.69, 9.17) is 4.74 Å². The molecule has 2 saturated carbocycles. The monoisotopic (exact) mass is 290 g/mol. The Morgan fingerprint density at radius 1 is 1.33 bits per heavy atom. The summed E-state index contributed by atoms with van der Waals surface area (Å²) in [7, 11) is 0. The highest BCUT2D eigenvalue weighted by Gasteiger charge is 2.62. The molecule has 0 spiro atoms. The predicted octanol–water partition coefficient (Wildman–Crippen LogP) is 4.62. The van der Waals surface area contributed by atoms with Gasteiger partial charge in [-0.2, -0.15) is 0 Å². The number of halogens is 1. The number of ketones is 1. The lowest BCUT2D eigenvalue weighted by Crippen LogP contribution is -2.39. The van der Waals surface area contributed by atoms with Crippen LogP contribution in [0.15, 0.2) is 18.2 Å². The molecular formula is C18H23FO2. The second kappa shape index (κ2) is 4.56. The number of hydrogen-bond donors (Lipinski definition) is 0. The van der Waals surface area contributed by atoms with Crippen LogP contribution in [0.25, 0.3) is 0 Å². The fourth-order valence-corrected chi connectivity index (χ4v) is 4.36. The number of rotatable bonds is 3. The zero-order valence-electron chi connectivity index (χ0n) is 13.2. The molecule has 1 aromatic carbocycles. The number of Topliss-reactive ketones (excluding diaryl/α,β-unsaturated/α-hetero) is 1. The molecule has 0 radical (unpaired) electrons. The minimum Gasteiger partial charge on any atom is -0.486 e. The Kier molecular flexibility index (Phi) is 3.16. The Balaban J connectivity index is 1.95. The van der Waals surface area contributed by atoms with Crippen molar-refractivity contribution in [2.24, 2.45) is 16.7 Å². The highest BCUT2D eigenvalue weighted by Crippen LogP contribution is 2.66. The van der Waals surface area contributed by atoms with E-state index in [2.05, 4.69) is 20.8 Å². The second-order valence-electron chi connectivity index (χ2n) is 7.39. The first-order valence-electron chi connectivity index (χ1n) is 7.73. The van der Waals surface area contributed by atoms with Crippen LogP contribution in [0.1, 0.15) is 57.3 Å². The van der Waals surface area contributed by atoms with Gasteiger partial charge in [-0.3, -0.25) is 4.79 Å². The molecule has 3 heteroatoms. The van der Waals surface area contributed by atoms with Crippen molar-refractivity contribution in [2.45, 2.75) is 53.1 Å². The number of carbonyl (C=O) groups excluding carboxylic acids is 1. The van der Waals surface area contributed by atoms with Crippen LogP contribution in [-0.4, -0.2) is 11.9 Å². The van der Waals surface area contributed by atoms with Gasteiger partial charge in [0.15, 0.2) is 17.3 Å². The van der Waals surface area contributed by atoms with Gasteiger partial charge in [0.25, 0.3) is 0 Å². The van der Waals surface area contributed by atoms with Crippen LogP contribution < -0.4 is 4.74 Å². The Bertz CT molecular complexity index is 593. The third-order valence-corrected chi connectivity index (χ3v) is 6.32. The molecule has 0 N–H and O–H groups in total. The quantitative estimate of drug-likeness (QED) is 0.759. The highest BCUT2D eigenvalue weighted by molar-refractivity contribution is 5.96. The average molecular weight is 290 g/mol. The van der Waals surface area contributed by atoms with Crippen molar-refractivity contribution in [3.8, 4) is 5.75 Å². The molecule has 3 unspecified atom stereocenters. The lowest BCUT2D eigenvalue weighted by molar-refractivity contribution is 0.0272. The molecule has 0 heterocycles. The second-order valence-corrected chi connectivity index (χ2v) is 7.39. The molecule has 2 aliphatic rings. The molecule has 2 bridgehead atoms. The SMILES string of the molecule is CC(=O)c1cccc(F)c1OC1CC2CCC1(C)C2(C)C. The third kappa shape index (κ3) is 1.93. The van der Waals surface area contributed by atoms with E-state index < -0.39 is 5.82 Å². The van der Waals surface area contributed by atoms with Crippen molar-refractivity contribution in [3.63, 3.8) is 0 Å². The first-order chi connectivity index (χ1) is 9.77. The number of benzene rings is 1. The van der Waals surface area contributed by atoms with Gasteiger partial charge in [-0.05, 0) is 49.7 Å². The van der Waals surface area contributed by atoms with Gasteiger partial charge in [-0.1, -0.05) is 26.8 Å².